The Morgan fingerprint density at radius 3 is 2.52 bits per heavy atom. The topological polar surface area (TPSA) is 74.2 Å². The second-order valence-electron chi connectivity index (χ2n) is 5.86. The van der Waals surface area contributed by atoms with Crippen molar-refractivity contribution in [2.45, 2.75) is 39.7 Å². The zero-order valence-electron chi connectivity index (χ0n) is 13.2. The molecule has 0 saturated carbocycles. The first kappa shape index (κ1) is 17.4. The molecular formula is C16H27N3O2. The predicted octanol–water partition coefficient (Wildman–Crippen LogP) is 2.49. The molecule has 0 bridgehead atoms. The summed E-state index contributed by atoms with van der Waals surface area (Å²) in [6.45, 7) is 6.99. The second-order valence-corrected chi connectivity index (χ2v) is 5.86. The highest BCUT2D eigenvalue weighted by molar-refractivity contribution is 5.74. The van der Waals surface area contributed by atoms with Gasteiger partial charge in [0.05, 0.1) is 6.04 Å². The first-order valence-electron chi connectivity index (χ1n) is 7.58. The molecular weight excluding hydrogens is 266 g/mol. The van der Waals surface area contributed by atoms with Gasteiger partial charge in [-0.05, 0) is 49.3 Å². The molecule has 1 heterocycles. The van der Waals surface area contributed by atoms with E-state index in [4.69, 9.17) is 5.11 Å². The Morgan fingerprint density at radius 1 is 1.29 bits per heavy atom. The van der Waals surface area contributed by atoms with Crippen LogP contribution in [0.3, 0.4) is 0 Å². The second kappa shape index (κ2) is 9.34. The number of carbonyl (C=O) groups excluding carboxylic acids is 1. The third-order valence-corrected chi connectivity index (χ3v) is 3.45. The molecule has 0 saturated heterocycles. The molecule has 1 aromatic rings. The summed E-state index contributed by atoms with van der Waals surface area (Å²) in [5.74, 6) is 0.874. The molecule has 1 rings (SSSR count). The van der Waals surface area contributed by atoms with E-state index in [9.17, 15) is 4.79 Å². The highest BCUT2D eigenvalue weighted by atomic mass is 16.3. The van der Waals surface area contributed by atoms with E-state index in [2.05, 4.69) is 29.5 Å². The molecule has 0 aliphatic heterocycles. The van der Waals surface area contributed by atoms with Crippen molar-refractivity contribution in [1.82, 2.24) is 15.6 Å². The van der Waals surface area contributed by atoms with E-state index in [1.54, 1.807) is 12.4 Å². The molecule has 5 nitrogen and oxygen atoms in total. The summed E-state index contributed by atoms with van der Waals surface area (Å²) in [7, 11) is 0. The zero-order chi connectivity index (χ0) is 15.7. The third kappa shape index (κ3) is 7.09. The number of aliphatic hydroxyl groups excluding tert-OH is 1. The Kier molecular flexibility index (Phi) is 7.75. The maximum Gasteiger partial charge on any atom is 0.315 e. The standard InChI is InChI=1S/C16H27N3O2/c1-12(2)10-14(6-9-20)11-18-16(21)19-13(3)15-4-7-17-8-5-15/h4-5,7-8,12-14,20H,6,9-11H2,1-3H3,(H2,18,19,21). The van der Waals surface area contributed by atoms with Crippen LogP contribution in [-0.2, 0) is 0 Å². The lowest BCUT2D eigenvalue weighted by molar-refractivity contribution is 0.223. The molecule has 0 aliphatic rings. The van der Waals surface area contributed by atoms with Gasteiger partial charge in [-0.3, -0.25) is 4.98 Å². The van der Waals surface area contributed by atoms with E-state index in [0.29, 0.717) is 18.4 Å². The van der Waals surface area contributed by atoms with Crippen LogP contribution in [0.1, 0.15) is 45.2 Å². The lowest BCUT2D eigenvalue weighted by atomic mass is 9.94. The fourth-order valence-corrected chi connectivity index (χ4v) is 2.37. The van der Waals surface area contributed by atoms with Gasteiger partial charge in [0.25, 0.3) is 0 Å². The molecule has 21 heavy (non-hydrogen) atoms. The average Bonchev–Trinajstić information content (AvgIpc) is 2.45. The van der Waals surface area contributed by atoms with Crippen LogP contribution in [0.25, 0.3) is 0 Å². The minimum Gasteiger partial charge on any atom is -0.396 e. The van der Waals surface area contributed by atoms with Gasteiger partial charge in [-0.2, -0.15) is 0 Å². The third-order valence-electron chi connectivity index (χ3n) is 3.45. The van der Waals surface area contributed by atoms with Gasteiger partial charge in [0, 0.05) is 25.5 Å². The van der Waals surface area contributed by atoms with E-state index >= 15 is 0 Å². The number of aliphatic hydroxyl groups is 1. The van der Waals surface area contributed by atoms with Gasteiger partial charge >= 0.3 is 6.03 Å². The first-order valence-corrected chi connectivity index (χ1v) is 7.58. The van der Waals surface area contributed by atoms with Crippen molar-refractivity contribution in [2.75, 3.05) is 13.2 Å². The van der Waals surface area contributed by atoms with Gasteiger partial charge < -0.3 is 15.7 Å². The van der Waals surface area contributed by atoms with Crippen LogP contribution in [0.15, 0.2) is 24.5 Å². The maximum absolute atomic E-state index is 11.9. The monoisotopic (exact) mass is 293 g/mol. The quantitative estimate of drug-likeness (QED) is 0.689. The van der Waals surface area contributed by atoms with Crippen LogP contribution in [0, 0.1) is 11.8 Å². The number of urea groups is 1. The highest BCUT2D eigenvalue weighted by Crippen LogP contribution is 2.14. The van der Waals surface area contributed by atoms with Crippen molar-refractivity contribution in [3.8, 4) is 0 Å². The molecule has 2 unspecified atom stereocenters. The molecule has 1 aromatic heterocycles. The van der Waals surface area contributed by atoms with Crippen LogP contribution in [0.5, 0.6) is 0 Å². The molecule has 5 heteroatoms. The summed E-state index contributed by atoms with van der Waals surface area (Å²) in [5, 5.41) is 14.9. The van der Waals surface area contributed by atoms with Gasteiger partial charge in [0.1, 0.15) is 0 Å². The number of carbonyl (C=O) groups is 1. The molecule has 0 fully saturated rings. The number of aromatic nitrogens is 1. The summed E-state index contributed by atoms with van der Waals surface area (Å²) in [4.78, 5) is 15.9. The minimum absolute atomic E-state index is 0.0607. The van der Waals surface area contributed by atoms with Crippen LogP contribution >= 0.6 is 0 Å². The largest absolute Gasteiger partial charge is 0.396 e. The van der Waals surface area contributed by atoms with Gasteiger partial charge in [-0.1, -0.05) is 13.8 Å². The fraction of sp³-hybridized carbons (Fsp3) is 0.625. The van der Waals surface area contributed by atoms with Crippen LogP contribution in [0.2, 0.25) is 0 Å². The smallest absolute Gasteiger partial charge is 0.315 e. The predicted molar refractivity (Wildman–Crippen MR) is 83.8 cm³/mol. The Hall–Kier alpha value is -1.62. The van der Waals surface area contributed by atoms with E-state index in [1.165, 1.54) is 0 Å². The van der Waals surface area contributed by atoms with E-state index in [-0.39, 0.29) is 18.7 Å². The van der Waals surface area contributed by atoms with Gasteiger partial charge in [0.2, 0.25) is 0 Å². The lowest BCUT2D eigenvalue weighted by Crippen LogP contribution is -2.39. The van der Waals surface area contributed by atoms with E-state index in [1.807, 2.05) is 19.1 Å². The average molecular weight is 293 g/mol. The van der Waals surface area contributed by atoms with E-state index in [0.717, 1.165) is 18.4 Å². The van der Waals surface area contributed by atoms with Crippen LogP contribution < -0.4 is 10.6 Å². The van der Waals surface area contributed by atoms with Crippen molar-refractivity contribution < 1.29 is 9.90 Å². The molecule has 0 aromatic carbocycles. The normalized spacial score (nSPS) is 13.8. The number of hydrogen-bond donors (Lipinski definition) is 3. The van der Waals surface area contributed by atoms with Crippen LogP contribution in [0.4, 0.5) is 4.79 Å². The minimum atomic E-state index is -0.175. The number of hydrogen-bond acceptors (Lipinski definition) is 3. The number of nitrogens with one attached hydrogen (secondary N) is 2. The van der Waals surface area contributed by atoms with Crippen molar-refractivity contribution in [3.63, 3.8) is 0 Å². The number of pyridine rings is 1. The summed E-state index contributed by atoms with van der Waals surface area (Å²) in [6.07, 6.45) is 5.15. The van der Waals surface area contributed by atoms with Crippen molar-refractivity contribution in [3.05, 3.63) is 30.1 Å². The van der Waals surface area contributed by atoms with Crippen LogP contribution in [-0.4, -0.2) is 29.3 Å². The summed E-state index contributed by atoms with van der Waals surface area (Å²) >= 11 is 0. The Bertz CT molecular complexity index is 409. The first-order chi connectivity index (χ1) is 10.0. The summed E-state index contributed by atoms with van der Waals surface area (Å²) in [6, 6.07) is 3.54. The molecule has 2 amide bonds. The molecule has 2 atom stereocenters. The SMILES string of the molecule is CC(C)CC(CCO)CNC(=O)NC(C)c1ccncc1. The maximum atomic E-state index is 11.9. The molecule has 0 aliphatic carbocycles. The number of rotatable bonds is 8. The molecule has 0 radical (unpaired) electrons. The van der Waals surface area contributed by atoms with Gasteiger partial charge in [0.15, 0.2) is 0 Å². The van der Waals surface area contributed by atoms with Crippen molar-refractivity contribution in [1.29, 1.82) is 0 Å². The zero-order valence-corrected chi connectivity index (χ0v) is 13.2. The Balaban J connectivity index is 2.38. The molecule has 0 spiro atoms. The van der Waals surface area contributed by atoms with E-state index < -0.39 is 0 Å². The van der Waals surface area contributed by atoms with Crippen molar-refractivity contribution in [2.24, 2.45) is 11.8 Å². The van der Waals surface area contributed by atoms with Crippen molar-refractivity contribution >= 4 is 6.03 Å². The summed E-state index contributed by atoms with van der Waals surface area (Å²) in [5.41, 5.74) is 1.02. The molecule has 118 valence electrons. The number of nitrogens with zero attached hydrogens (tertiary/aromatic N) is 1. The Morgan fingerprint density at radius 2 is 1.95 bits per heavy atom. The molecule has 3 N–H and O–H groups in total. The van der Waals surface area contributed by atoms with Gasteiger partial charge in [-0.15, -0.1) is 0 Å². The number of amides is 2. The van der Waals surface area contributed by atoms with Gasteiger partial charge in [-0.25, -0.2) is 4.79 Å². The lowest BCUT2D eigenvalue weighted by Gasteiger charge is -2.20. The highest BCUT2D eigenvalue weighted by Gasteiger charge is 2.13. The summed E-state index contributed by atoms with van der Waals surface area (Å²) < 4.78 is 0. The Labute approximate surface area is 127 Å². The fourth-order valence-electron chi connectivity index (χ4n) is 2.37.